The van der Waals surface area contributed by atoms with Crippen molar-refractivity contribution in [1.29, 1.82) is 0 Å². The highest BCUT2D eigenvalue weighted by Gasteiger charge is 2.37. The average molecular weight is 212 g/mol. The molecule has 0 aromatic carbocycles. The summed E-state index contributed by atoms with van der Waals surface area (Å²) in [5.41, 5.74) is -0.445. The second-order valence-electron chi connectivity index (χ2n) is 4.18. The van der Waals surface area contributed by atoms with Gasteiger partial charge in [-0.25, -0.2) is 0 Å². The summed E-state index contributed by atoms with van der Waals surface area (Å²) < 4.78 is 5.55. The number of aliphatic hydroxyl groups excluding tert-OH is 1. The van der Waals surface area contributed by atoms with Crippen molar-refractivity contribution in [2.75, 3.05) is 6.61 Å². The normalized spacial score (nSPS) is 28.2. The minimum absolute atomic E-state index is 0.393. The number of nitrogens with zero attached hydrogens (tertiary/aromatic N) is 4. The van der Waals surface area contributed by atoms with Gasteiger partial charge in [0, 0.05) is 13.0 Å². The largest absolute Gasteiger partial charge is 0.390 e. The quantitative estimate of drug-likeness (QED) is 0.743. The molecule has 6 heteroatoms. The summed E-state index contributed by atoms with van der Waals surface area (Å²) in [6, 6.07) is 0. The molecule has 1 aromatic heterocycles. The maximum atomic E-state index is 10.0. The van der Waals surface area contributed by atoms with Gasteiger partial charge in [0.25, 0.3) is 0 Å². The van der Waals surface area contributed by atoms with Gasteiger partial charge in [-0.15, -0.1) is 10.2 Å². The fourth-order valence-corrected chi connectivity index (χ4v) is 1.86. The van der Waals surface area contributed by atoms with Crippen molar-refractivity contribution in [3.05, 3.63) is 5.82 Å². The van der Waals surface area contributed by atoms with Crippen LogP contribution >= 0.6 is 0 Å². The highest BCUT2D eigenvalue weighted by atomic mass is 16.5. The number of rotatable bonds is 3. The van der Waals surface area contributed by atoms with Crippen molar-refractivity contribution in [2.24, 2.45) is 7.05 Å². The summed E-state index contributed by atoms with van der Waals surface area (Å²) in [5, 5.41) is 21.6. The Morgan fingerprint density at radius 3 is 3.00 bits per heavy atom. The summed E-state index contributed by atoms with van der Waals surface area (Å²) in [6.45, 7) is 2.66. The Morgan fingerprint density at radius 1 is 1.67 bits per heavy atom. The van der Waals surface area contributed by atoms with Crippen LogP contribution in [0.15, 0.2) is 0 Å². The van der Waals surface area contributed by atoms with Crippen LogP contribution in [0.4, 0.5) is 0 Å². The first-order chi connectivity index (χ1) is 7.10. The van der Waals surface area contributed by atoms with E-state index in [1.807, 2.05) is 6.92 Å². The molecule has 0 spiro atoms. The van der Waals surface area contributed by atoms with E-state index in [-0.39, 0.29) is 0 Å². The molecule has 1 N–H and O–H groups in total. The van der Waals surface area contributed by atoms with E-state index in [4.69, 9.17) is 4.74 Å². The van der Waals surface area contributed by atoms with Gasteiger partial charge < -0.3 is 9.84 Å². The third kappa shape index (κ3) is 2.15. The number of aryl methyl sites for hydroxylation is 1. The molecule has 84 valence electrons. The van der Waals surface area contributed by atoms with Crippen LogP contribution in [0.25, 0.3) is 0 Å². The number of tetrazole rings is 1. The van der Waals surface area contributed by atoms with Crippen LogP contribution in [0.2, 0.25) is 0 Å². The Hall–Kier alpha value is -1.01. The van der Waals surface area contributed by atoms with E-state index in [0.717, 1.165) is 19.4 Å². The van der Waals surface area contributed by atoms with E-state index in [1.54, 1.807) is 7.05 Å². The summed E-state index contributed by atoms with van der Waals surface area (Å²) >= 11 is 0. The van der Waals surface area contributed by atoms with Gasteiger partial charge in [-0.2, -0.15) is 4.80 Å². The predicted molar refractivity (Wildman–Crippen MR) is 52.1 cm³/mol. The molecule has 0 saturated carbocycles. The van der Waals surface area contributed by atoms with Gasteiger partial charge >= 0.3 is 0 Å². The molecule has 2 heterocycles. The molecule has 15 heavy (non-hydrogen) atoms. The van der Waals surface area contributed by atoms with Gasteiger partial charge in [0.05, 0.1) is 18.8 Å². The second kappa shape index (κ2) is 3.86. The van der Waals surface area contributed by atoms with Crippen molar-refractivity contribution < 1.29 is 9.84 Å². The molecule has 1 saturated heterocycles. The van der Waals surface area contributed by atoms with E-state index >= 15 is 0 Å². The molecule has 0 radical (unpaired) electrons. The van der Waals surface area contributed by atoms with Crippen LogP contribution < -0.4 is 0 Å². The zero-order valence-electron chi connectivity index (χ0n) is 9.05. The van der Waals surface area contributed by atoms with Crippen LogP contribution in [0, 0.1) is 0 Å². The lowest BCUT2D eigenvalue weighted by Crippen LogP contribution is -2.40. The smallest absolute Gasteiger partial charge is 0.177 e. The lowest BCUT2D eigenvalue weighted by molar-refractivity contribution is -0.0775. The molecular formula is C9H16N4O2. The Kier molecular flexibility index (Phi) is 2.70. The van der Waals surface area contributed by atoms with Crippen molar-refractivity contribution in [2.45, 2.75) is 37.9 Å². The summed E-state index contributed by atoms with van der Waals surface area (Å²) in [5.74, 6) is 0.557. The Bertz CT molecular complexity index is 333. The van der Waals surface area contributed by atoms with Gasteiger partial charge in [-0.05, 0) is 25.0 Å². The minimum atomic E-state index is -0.566. The third-order valence-electron chi connectivity index (χ3n) is 2.88. The number of ether oxygens (including phenoxy) is 1. The first-order valence-electron chi connectivity index (χ1n) is 5.15. The van der Waals surface area contributed by atoms with Crippen LogP contribution in [-0.4, -0.2) is 43.6 Å². The van der Waals surface area contributed by atoms with Gasteiger partial charge in [0.1, 0.15) is 0 Å². The zero-order valence-corrected chi connectivity index (χ0v) is 9.05. The summed E-state index contributed by atoms with van der Waals surface area (Å²) in [6.07, 6.45) is 1.71. The molecule has 2 rings (SSSR count). The van der Waals surface area contributed by atoms with Crippen molar-refractivity contribution in [1.82, 2.24) is 20.2 Å². The molecule has 0 amide bonds. The number of hydrogen-bond donors (Lipinski definition) is 1. The first-order valence-corrected chi connectivity index (χ1v) is 5.15. The van der Waals surface area contributed by atoms with E-state index in [2.05, 4.69) is 15.4 Å². The fourth-order valence-electron chi connectivity index (χ4n) is 1.86. The van der Waals surface area contributed by atoms with Gasteiger partial charge in [-0.1, -0.05) is 0 Å². The molecule has 1 aliphatic heterocycles. The topological polar surface area (TPSA) is 73.1 Å². The average Bonchev–Trinajstić information content (AvgIpc) is 2.76. The number of aliphatic hydroxyl groups is 1. The summed E-state index contributed by atoms with van der Waals surface area (Å²) in [7, 11) is 1.71. The molecule has 1 aliphatic rings. The van der Waals surface area contributed by atoms with Crippen molar-refractivity contribution in [3.63, 3.8) is 0 Å². The first kappa shape index (κ1) is 10.5. The molecule has 2 atom stereocenters. The minimum Gasteiger partial charge on any atom is -0.390 e. The third-order valence-corrected chi connectivity index (χ3v) is 2.88. The fraction of sp³-hybridized carbons (Fsp3) is 0.889. The monoisotopic (exact) mass is 212 g/mol. The highest BCUT2D eigenvalue weighted by Crippen LogP contribution is 2.29. The SMILES string of the molecule is Cn1nnc(CC(O)C2(C)CCCO2)n1. The Balaban J connectivity index is 1.99. The molecular weight excluding hydrogens is 196 g/mol. The second-order valence-corrected chi connectivity index (χ2v) is 4.18. The van der Waals surface area contributed by atoms with Crippen molar-refractivity contribution >= 4 is 0 Å². The zero-order chi connectivity index (χ0) is 10.9. The standard InChI is InChI=1S/C9H16N4O2/c1-9(4-3-5-15-9)7(14)6-8-10-12-13(2)11-8/h7,14H,3-6H2,1-2H3. The number of aromatic nitrogens is 4. The maximum Gasteiger partial charge on any atom is 0.177 e. The van der Waals surface area contributed by atoms with Gasteiger partial charge in [-0.3, -0.25) is 0 Å². The van der Waals surface area contributed by atoms with E-state index in [0.29, 0.717) is 12.2 Å². The Morgan fingerprint density at radius 2 is 2.47 bits per heavy atom. The van der Waals surface area contributed by atoms with Crippen LogP contribution in [-0.2, 0) is 18.2 Å². The lowest BCUT2D eigenvalue weighted by Gasteiger charge is -2.28. The van der Waals surface area contributed by atoms with Crippen molar-refractivity contribution in [3.8, 4) is 0 Å². The van der Waals surface area contributed by atoms with E-state index < -0.39 is 11.7 Å². The molecule has 0 bridgehead atoms. The molecule has 2 unspecified atom stereocenters. The summed E-state index contributed by atoms with van der Waals surface area (Å²) in [4.78, 5) is 1.39. The maximum absolute atomic E-state index is 10.0. The lowest BCUT2D eigenvalue weighted by atomic mass is 9.93. The molecule has 1 aromatic rings. The van der Waals surface area contributed by atoms with Crippen LogP contribution in [0.1, 0.15) is 25.6 Å². The van der Waals surface area contributed by atoms with Crippen LogP contribution in [0.5, 0.6) is 0 Å². The number of hydrogen-bond acceptors (Lipinski definition) is 5. The Labute approximate surface area is 88.2 Å². The molecule has 6 nitrogen and oxygen atoms in total. The van der Waals surface area contributed by atoms with E-state index in [1.165, 1.54) is 4.80 Å². The van der Waals surface area contributed by atoms with Gasteiger partial charge in [0.2, 0.25) is 0 Å². The van der Waals surface area contributed by atoms with Crippen LogP contribution in [0.3, 0.4) is 0 Å². The van der Waals surface area contributed by atoms with E-state index in [9.17, 15) is 5.11 Å². The predicted octanol–water partition coefficient (Wildman–Crippen LogP) is -0.317. The van der Waals surface area contributed by atoms with Gasteiger partial charge in [0.15, 0.2) is 5.82 Å². The highest BCUT2D eigenvalue weighted by molar-refractivity contribution is 4.93. The molecule has 0 aliphatic carbocycles. The molecule has 1 fully saturated rings.